The molecule has 0 fully saturated rings. The van der Waals surface area contributed by atoms with Gasteiger partial charge in [-0.15, -0.1) is 0 Å². The smallest absolute Gasteiger partial charge is 0.274 e. The van der Waals surface area contributed by atoms with E-state index in [1.54, 1.807) is 25.1 Å². The first-order valence-electron chi connectivity index (χ1n) is 4.77. The molecule has 1 heterocycles. The molecule has 1 aromatic rings. The van der Waals surface area contributed by atoms with E-state index >= 15 is 0 Å². The van der Waals surface area contributed by atoms with Crippen molar-refractivity contribution in [3.8, 4) is 17.2 Å². The summed E-state index contributed by atoms with van der Waals surface area (Å²) in [6.45, 7) is 1.81. The summed E-state index contributed by atoms with van der Waals surface area (Å²) in [4.78, 5) is 11.1. The molecule has 1 amide bonds. The Bertz CT molecular complexity index is 408. The number of carbonyl (C=O) groups is 1. The van der Waals surface area contributed by atoms with Crippen molar-refractivity contribution in [1.82, 2.24) is 5.43 Å². The molecule has 0 saturated carbocycles. The first-order valence-corrected chi connectivity index (χ1v) is 4.77. The molecule has 86 valence electrons. The minimum atomic E-state index is -0.662. The number of hydrazine groups is 1. The highest BCUT2D eigenvalue weighted by molar-refractivity contribution is 5.80. The fourth-order valence-corrected chi connectivity index (χ4v) is 1.33. The molecule has 1 aromatic carbocycles. The van der Waals surface area contributed by atoms with Gasteiger partial charge in [-0.05, 0) is 19.1 Å². The Labute approximate surface area is 92.2 Å². The Morgan fingerprint density at radius 3 is 3.00 bits per heavy atom. The number of hydrogen-bond acceptors (Lipinski definition) is 5. The normalized spacial score (nSPS) is 14.4. The molecule has 0 saturated heterocycles. The standard InChI is InChI=1S/C10H12N2O4/c1-6(10(13)12-11)16-7-2-3-8-9(4-7)15-5-14-8/h2-4,6H,5,11H2,1H3,(H,12,13)/t6-/m0/s1. The third-order valence-electron chi connectivity index (χ3n) is 2.17. The maximum absolute atomic E-state index is 11.1. The minimum Gasteiger partial charge on any atom is -0.481 e. The van der Waals surface area contributed by atoms with Gasteiger partial charge in [0.15, 0.2) is 17.6 Å². The third-order valence-corrected chi connectivity index (χ3v) is 2.17. The molecule has 6 heteroatoms. The predicted octanol–water partition coefficient (Wildman–Crippen LogP) is 0.172. The maximum atomic E-state index is 11.1. The summed E-state index contributed by atoms with van der Waals surface area (Å²) < 4.78 is 15.7. The molecule has 0 aliphatic carbocycles. The number of amides is 1. The van der Waals surface area contributed by atoms with Gasteiger partial charge in [-0.1, -0.05) is 0 Å². The van der Waals surface area contributed by atoms with E-state index in [9.17, 15) is 4.79 Å². The number of nitrogens with one attached hydrogen (secondary N) is 1. The minimum absolute atomic E-state index is 0.206. The van der Waals surface area contributed by atoms with Crippen molar-refractivity contribution in [2.24, 2.45) is 5.84 Å². The lowest BCUT2D eigenvalue weighted by Gasteiger charge is -2.12. The van der Waals surface area contributed by atoms with Crippen molar-refractivity contribution in [2.75, 3.05) is 6.79 Å². The zero-order valence-corrected chi connectivity index (χ0v) is 8.73. The van der Waals surface area contributed by atoms with Crippen LogP contribution in [0, 0.1) is 0 Å². The van der Waals surface area contributed by atoms with Gasteiger partial charge in [0, 0.05) is 6.07 Å². The molecular weight excluding hydrogens is 212 g/mol. The number of carbonyl (C=O) groups excluding carboxylic acids is 1. The van der Waals surface area contributed by atoms with Crippen LogP contribution in [0.4, 0.5) is 0 Å². The molecule has 0 unspecified atom stereocenters. The van der Waals surface area contributed by atoms with E-state index < -0.39 is 12.0 Å². The second-order valence-corrected chi connectivity index (χ2v) is 3.28. The average molecular weight is 224 g/mol. The van der Waals surface area contributed by atoms with Crippen LogP contribution >= 0.6 is 0 Å². The van der Waals surface area contributed by atoms with Gasteiger partial charge in [-0.3, -0.25) is 10.2 Å². The van der Waals surface area contributed by atoms with Crippen LogP contribution in [0.15, 0.2) is 18.2 Å². The van der Waals surface area contributed by atoms with Crippen molar-refractivity contribution in [3.05, 3.63) is 18.2 Å². The Morgan fingerprint density at radius 2 is 2.25 bits per heavy atom. The molecule has 0 aromatic heterocycles. The summed E-state index contributed by atoms with van der Waals surface area (Å²) in [7, 11) is 0. The molecule has 0 radical (unpaired) electrons. The van der Waals surface area contributed by atoms with Crippen LogP contribution in [0.25, 0.3) is 0 Å². The monoisotopic (exact) mass is 224 g/mol. The van der Waals surface area contributed by atoms with Crippen LogP contribution in [0.2, 0.25) is 0 Å². The molecule has 16 heavy (non-hydrogen) atoms. The van der Waals surface area contributed by atoms with Gasteiger partial charge >= 0.3 is 0 Å². The van der Waals surface area contributed by atoms with Crippen LogP contribution in [-0.2, 0) is 4.79 Å². The van der Waals surface area contributed by atoms with E-state index in [0.717, 1.165) is 0 Å². The van der Waals surface area contributed by atoms with Crippen LogP contribution in [0.5, 0.6) is 17.2 Å². The Morgan fingerprint density at radius 1 is 1.50 bits per heavy atom. The molecule has 6 nitrogen and oxygen atoms in total. The van der Waals surface area contributed by atoms with Crippen molar-refractivity contribution in [1.29, 1.82) is 0 Å². The van der Waals surface area contributed by atoms with E-state index in [1.165, 1.54) is 0 Å². The highest BCUT2D eigenvalue weighted by Gasteiger charge is 2.17. The number of benzene rings is 1. The first-order chi connectivity index (χ1) is 7.70. The lowest BCUT2D eigenvalue weighted by atomic mass is 10.3. The van der Waals surface area contributed by atoms with Gasteiger partial charge in [0.2, 0.25) is 6.79 Å². The zero-order chi connectivity index (χ0) is 11.5. The van der Waals surface area contributed by atoms with Crippen molar-refractivity contribution >= 4 is 5.91 Å². The van der Waals surface area contributed by atoms with Crippen molar-refractivity contribution < 1.29 is 19.0 Å². The topological polar surface area (TPSA) is 82.8 Å². The van der Waals surface area contributed by atoms with Crippen LogP contribution in [0.3, 0.4) is 0 Å². The van der Waals surface area contributed by atoms with Gasteiger partial charge in [0.05, 0.1) is 0 Å². The van der Waals surface area contributed by atoms with E-state index in [1.807, 2.05) is 5.43 Å². The maximum Gasteiger partial charge on any atom is 0.274 e. The lowest BCUT2D eigenvalue weighted by molar-refractivity contribution is -0.127. The largest absolute Gasteiger partial charge is 0.481 e. The summed E-state index contributed by atoms with van der Waals surface area (Å²) >= 11 is 0. The van der Waals surface area contributed by atoms with Crippen LogP contribution in [0.1, 0.15) is 6.92 Å². The summed E-state index contributed by atoms with van der Waals surface area (Å²) in [5.41, 5.74) is 2.02. The molecule has 3 N–H and O–H groups in total. The molecule has 1 aliphatic heterocycles. The summed E-state index contributed by atoms with van der Waals surface area (Å²) in [6, 6.07) is 5.10. The first kappa shape index (κ1) is 10.6. The van der Waals surface area contributed by atoms with Crippen molar-refractivity contribution in [2.45, 2.75) is 13.0 Å². The van der Waals surface area contributed by atoms with Crippen LogP contribution in [-0.4, -0.2) is 18.8 Å². The SMILES string of the molecule is C[C@H](Oc1ccc2c(c1)OCO2)C(=O)NN. The predicted molar refractivity (Wildman–Crippen MR) is 55.0 cm³/mol. The van der Waals surface area contributed by atoms with Gasteiger partial charge < -0.3 is 14.2 Å². The van der Waals surface area contributed by atoms with E-state index in [-0.39, 0.29) is 6.79 Å². The quantitative estimate of drug-likeness (QED) is 0.434. The van der Waals surface area contributed by atoms with E-state index in [0.29, 0.717) is 17.2 Å². The van der Waals surface area contributed by atoms with Gasteiger partial charge in [0.1, 0.15) is 5.75 Å². The van der Waals surface area contributed by atoms with Gasteiger partial charge in [-0.2, -0.15) is 0 Å². The second-order valence-electron chi connectivity index (χ2n) is 3.28. The van der Waals surface area contributed by atoms with E-state index in [2.05, 4.69) is 0 Å². The van der Waals surface area contributed by atoms with Gasteiger partial charge in [0.25, 0.3) is 5.91 Å². The summed E-state index contributed by atoms with van der Waals surface area (Å²) in [5.74, 6) is 6.41. The molecule has 1 aliphatic rings. The average Bonchev–Trinajstić information content (AvgIpc) is 2.75. The van der Waals surface area contributed by atoms with Crippen LogP contribution < -0.4 is 25.5 Å². The number of hydrogen-bond donors (Lipinski definition) is 2. The molecule has 0 spiro atoms. The number of rotatable bonds is 3. The summed E-state index contributed by atoms with van der Waals surface area (Å²) in [6.07, 6.45) is -0.662. The van der Waals surface area contributed by atoms with E-state index in [4.69, 9.17) is 20.1 Å². The fourth-order valence-electron chi connectivity index (χ4n) is 1.33. The zero-order valence-electron chi connectivity index (χ0n) is 8.73. The third kappa shape index (κ3) is 2.01. The molecule has 0 bridgehead atoms. The Balaban J connectivity index is 2.08. The fraction of sp³-hybridized carbons (Fsp3) is 0.300. The Hall–Kier alpha value is -1.95. The number of ether oxygens (including phenoxy) is 3. The molecular formula is C10H12N2O4. The lowest BCUT2D eigenvalue weighted by Crippen LogP contribution is -2.40. The second kappa shape index (κ2) is 4.28. The highest BCUT2D eigenvalue weighted by atomic mass is 16.7. The number of nitrogens with two attached hydrogens (primary N) is 1. The summed E-state index contributed by atoms with van der Waals surface area (Å²) in [5, 5.41) is 0. The van der Waals surface area contributed by atoms with Crippen molar-refractivity contribution in [3.63, 3.8) is 0 Å². The highest BCUT2D eigenvalue weighted by Crippen LogP contribution is 2.35. The number of fused-ring (bicyclic) bond motifs is 1. The molecule has 2 rings (SSSR count). The Kier molecular flexibility index (Phi) is 2.82. The van der Waals surface area contributed by atoms with Gasteiger partial charge in [-0.25, -0.2) is 5.84 Å². The molecule has 1 atom stereocenters.